The Morgan fingerprint density at radius 1 is 0.737 bits per heavy atom. The van der Waals surface area contributed by atoms with Gasteiger partial charge >= 0.3 is 0 Å². The summed E-state index contributed by atoms with van der Waals surface area (Å²) in [6, 6.07) is 0. The zero-order chi connectivity index (χ0) is 14.2. The van der Waals surface area contributed by atoms with Gasteiger partial charge in [0.25, 0.3) is 0 Å². The van der Waals surface area contributed by atoms with Crippen molar-refractivity contribution in [3.8, 4) is 0 Å². The largest absolute Gasteiger partial charge is 0.388 e. The fraction of sp³-hybridized carbons (Fsp3) is 1.00. The number of ether oxygens (including phenoxy) is 3. The van der Waals surface area contributed by atoms with E-state index in [0.29, 0.717) is 0 Å². The van der Waals surface area contributed by atoms with E-state index < -0.39 is 49.2 Å². The third-order valence-electron chi connectivity index (χ3n) is 3.22. The second-order valence-electron chi connectivity index (χ2n) is 4.63. The maximum Gasteiger partial charge on any atom is 0.186 e. The molecule has 0 aliphatic carbocycles. The van der Waals surface area contributed by atoms with E-state index in [1.807, 2.05) is 0 Å². The van der Waals surface area contributed by atoms with E-state index in [2.05, 4.69) is 0 Å². The highest BCUT2D eigenvalue weighted by molar-refractivity contribution is 4.87. The summed E-state index contributed by atoms with van der Waals surface area (Å²) in [5.74, 6) is 0. The van der Waals surface area contributed by atoms with Crippen molar-refractivity contribution in [1.82, 2.24) is 0 Å². The number of hydrogen-bond donors (Lipinski definition) is 6. The van der Waals surface area contributed by atoms with Crippen LogP contribution < -0.4 is 0 Å². The summed E-state index contributed by atoms with van der Waals surface area (Å²) in [4.78, 5) is 0. The van der Waals surface area contributed by atoms with Gasteiger partial charge in [0.05, 0.1) is 13.2 Å². The van der Waals surface area contributed by atoms with Gasteiger partial charge in [-0.05, 0) is 0 Å². The summed E-state index contributed by atoms with van der Waals surface area (Å²) in [5.41, 5.74) is 0. The molecule has 112 valence electrons. The van der Waals surface area contributed by atoms with Crippen LogP contribution in [0, 0.1) is 0 Å². The van der Waals surface area contributed by atoms with Crippen molar-refractivity contribution in [3.05, 3.63) is 0 Å². The Labute approximate surface area is 108 Å². The predicted molar refractivity (Wildman–Crippen MR) is 56.6 cm³/mol. The molecule has 0 bridgehead atoms. The summed E-state index contributed by atoms with van der Waals surface area (Å²) in [6.45, 7) is -0.456. The van der Waals surface area contributed by atoms with E-state index in [-0.39, 0.29) is 13.2 Å². The van der Waals surface area contributed by atoms with Gasteiger partial charge in [0.1, 0.15) is 36.6 Å². The Morgan fingerprint density at radius 3 is 2.11 bits per heavy atom. The first-order valence-corrected chi connectivity index (χ1v) is 5.89. The lowest BCUT2D eigenvalue weighted by atomic mass is 10.0. The standard InChI is InChI=1S/C10H18O9/c11-3-1-18-10(8(15)5(3)12)19-4-2-17-9(16)7(14)6(4)13/h3-16H,1-2H2/t3-,4-,5-,6-,7+,8+,9-,10+/m1/s1. The highest BCUT2D eigenvalue weighted by Gasteiger charge is 2.44. The maximum atomic E-state index is 9.68. The van der Waals surface area contributed by atoms with Gasteiger partial charge in [0.15, 0.2) is 12.6 Å². The van der Waals surface area contributed by atoms with E-state index in [9.17, 15) is 25.5 Å². The first-order valence-electron chi connectivity index (χ1n) is 5.89. The third kappa shape index (κ3) is 3.05. The van der Waals surface area contributed by atoms with Crippen LogP contribution >= 0.6 is 0 Å². The fourth-order valence-corrected chi connectivity index (χ4v) is 1.97. The van der Waals surface area contributed by atoms with Crippen LogP contribution in [0.4, 0.5) is 0 Å². The first kappa shape index (κ1) is 15.0. The molecule has 2 aliphatic rings. The smallest absolute Gasteiger partial charge is 0.186 e. The summed E-state index contributed by atoms with van der Waals surface area (Å²) < 4.78 is 15.0. The molecule has 2 heterocycles. The Kier molecular flexibility index (Phi) is 4.71. The molecule has 6 N–H and O–H groups in total. The third-order valence-corrected chi connectivity index (χ3v) is 3.22. The molecule has 0 aromatic rings. The van der Waals surface area contributed by atoms with Gasteiger partial charge in [-0.3, -0.25) is 0 Å². The van der Waals surface area contributed by atoms with Gasteiger partial charge < -0.3 is 44.8 Å². The lowest BCUT2D eigenvalue weighted by molar-refractivity contribution is -0.323. The number of rotatable bonds is 2. The topological polar surface area (TPSA) is 149 Å². The molecule has 2 rings (SSSR count). The van der Waals surface area contributed by atoms with Crippen molar-refractivity contribution >= 4 is 0 Å². The zero-order valence-electron chi connectivity index (χ0n) is 9.94. The average Bonchev–Trinajstić information content (AvgIpc) is 2.39. The molecule has 2 fully saturated rings. The number of aliphatic hydroxyl groups excluding tert-OH is 6. The van der Waals surface area contributed by atoms with Gasteiger partial charge in [0, 0.05) is 0 Å². The van der Waals surface area contributed by atoms with Gasteiger partial charge in [-0.1, -0.05) is 0 Å². The van der Waals surface area contributed by atoms with Crippen molar-refractivity contribution in [3.63, 3.8) is 0 Å². The van der Waals surface area contributed by atoms with Gasteiger partial charge in [-0.25, -0.2) is 0 Å². The summed E-state index contributed by atoms with van der Waals surface area (Å²) in [6.07, 6.45) is -11.0. The molecule has 8 atom stereocenters. The van der Waals surface area contributed by atoms with Crippen LogP contribution in [0.3, 0.4) is 0 Å². The van der Waals surface area contributed by atoms with Crippen molar-refractivity contribution < 1.29 is 44.8 Å². The highest BCUT2D eigenvalue weighted by Crippen LogP contribution is 2.22. The molecule has 0 unspecified atom stereocenters. The lowest BCUT2D eigenvalue weighted by Gasteiger charge is -2.40. The second kappa shape index (κ2) is 5.95. The van der Waals surface area contributed by atoms with Crippen molar-refractivity contribution in [2.45, 2.75) is 49.2 Å². The molecule has 0 aromatic heterocycles. The van der Waals surface area contributed by atoms with Crippen molar-refractivity contribution in [2.24, 2.45) is 0 Å². The fourth-order valence-electron chi connectivity index (χ4n) is 1.97. The number of hydrogen-bond acceptors (Lipinski definition) is 9. The number of aliphatic hydroxyl groups is 6. The summed E-state index contributed by atoms with van der Waals surface area (Å²) in [7, 11) is 0. The Hall–Kier alpha value is -0.360. The van der Waals surface area contributed by atoms with Crippen molar-refractivity contribution in [2.75, 3.05) is 13.2 Å². The predicted octanol–water partition coefficient (Wildman–Crippen LogP) is -4.12. The van der Waals surface area contributed by atoms with Crippen LogP contribution in [0.5, 0.6) is 0 Å². The normalized spacial score (nSPS) is 52.1. The van der Waals surface area contributed by atoms with Crippen LogP contribution in [-0.2, 0) is 14.2 Å². The van der Waals surface area contributed by atoms with E-state index in [1.165, 1.54) is 0 Å². The molecule has 0 amide bonds. The van der Waals surface area contributed by atoms with Gasteiger partial charge in [-0.15, -0.1) is 0 Å². The minimum Gasteiger partial charge on any atom is -0.388 e. The van der Waals surface area contributed by atoms with E-state index in [4.69, 9.17) is 19.3 Å². The first-order chi connectivity index (χ1) is 8.91. The Balaban J connectivity index is 1.94. The minimum absolute atomic E-state index is 0.218. The second-order valence-corrected chi connectivity index (χ2v) is 4.63. The van der Waals surface area contributed by atoms with Crippen LogP contribution in [-0.4, -0.2) is 93.1 Å². The SMILES string of the molecule is O[C@@H]1[C@H](O[C@@H]2CO[C@@H](O)[C@@H](O)[C@@H]2O)OC[C@@H](O)[C@H]1O. The molecule has 0 spiro atoms. The van der Waals surface area contributed by atoms with Crippen LogP contribution in [0.1, 0.15) is 0 Å². The Morgan fingerprint density at radius 2 is 1.42 bits per heavy atom. The molecule has 0 aromatic carbocycles. The van der Waals surface area contributed by atoms with E-state index >= 15 is 0 Å². The molecule has 19 heavy (non-hydrogen) atoms. The summed E-state index contributed by atoms with van der Waals surface area (Å²) in [5, 5.41) is 56.6. The monoisotopic (exact) mass is 282 g/mol. The van der Waals surface area contributed by atoms with Gasteiger partial charge in [0.2, 0.25) is 0 Å². The van der Waals surface area contributed by atoms with Crippen LogP contribution in [0.25, 0.3) is 0 Å². The molecule has 2 saturated heterocycles. The molecule has 2 aliphatic heterocycles. The molecule has 9 nitrogen and oxygen atoms in total. The lowest BCUT2D eigenvalue weighted by Crippen LogP contribution is -2.59. The molecule has 0 saturated carbocycles. The quantitative estimate of drug-likeness (QED) is 0.297. The zero-order valence-corrected chi connectivity index (χ0v) is 9.94. The van der Waals surface area contributed by atoms with Crippen LogP contribution in [0.15, 0.2) is 0 Å². The van der Waals surface area contributed by atoms with Gasteiger partial charge in [-0.2, -0.15) is 0 Å². The molecular formula is C10H18O9. The van der Waals surface area contributed by atoms with E-state index in [0.717, 1.165) is 0 Å². The molecular weight excluding hydrogens is 264 g/mol. The molecule has 0 radical (unpaired) electrons. The highest BCUT2D eigenvalue weighted by atomic mass is 16.7. The Bertz CT molecular complexity index is 273. The van der Waals surface area contributed by atoms with Crippen LogP contribution in [0.2, 0.25) is 0 Å². The molecule has 9 heteroatoms. The summed E-state index contributed by atoms with van der Waals surface area (Å²) >= 11 is 0. The maximum absolute atomic E-state index is 9.68. The van der Waals surface area contributed by atoms with Crippen molar-refractivity contribution in [1.29, 1.82) is 0 Å². The average molecular weight is 282 g/mol. The van der Waals surface area contributed by atoms with E-state index in [1.54, 1.807) is 0 Å². The minimum atomic E-state index is -1.55.